The van der Waals surface area contributed by atoms with Crippen molar-refractivity contribution in [3.05, 3.63) is 59.6 Å². The van der Waals surface area contributed by atoms with E-state index < -0.39 is 5.97 Å². The van der Waals surface area contributed by atoms with Crippen molar-refractivity contribution in [3.63, 3.8) is 0 Å². The minimum atomic E-state index is -0.808. The second-order valence-electron chi connectivity index (χ2n) is 10.1. The summed E-state index contributed by atoms with van der Waals surface area (Å²) in [6.45, 7) is 0.0393. The Morgan fingerprint density at radius 1 is 1.26 bits per heavy atom. The molecular formula is C27H28ClN8O3+. The summed E-state index contributed by atoms with van der Waals surface area (Å²) in [4.78, 5) is 16.0. The first-order valence-electron chi connectivity index (χ1n) is 12.7. The van der Waals surface area contributed by atoms with E-state index in [9.17, 15) is 15.0 Å². The van der Waals surface area contributed by atoms with Gasteiger partial charge in [-0.25, -0.2) is 18.9 Å². The van der Waals surface area contributed by atoms with Crippen LogP contribution in [0.5, 0.6) is 5.75 Å². The molecule has 3 aromatic heterocycles. The van der Waals surface area contributed by atoms with Gasteiger partial charge in [0.05, 0.1) is 39.9 Å². The number of rotatable bonds is 7. The molecule has 200 valence electrons. The molecule has 5 heterocycles. The van der Waals surface area contributed by atoms with Crippen molar-refractivity contribution in [2.75, 3.05) is 11.9 Å². The summed E-state index contributed by atoms with van der Waals surface area (Å²) >= 11 is 6.30. The number of halogens is 1. The number of aryl methyl sites for hydroxylation is 1. The number of hydrogen-bond donors (Lipinski definition) is 4. The van der Waals surface area contributed by atoms with Crippen molar-refractivity contribution in [2.45, 2.75) is 37.8 Å². The second kappa shape index (κ2) is 9.73. The zero-order valence-electron chi connectivity index (χ0n) is 21.3. The molecule has 0 amide bonds. The van der Waals surface area contributed by atoms with Gasteiger partial charge in [0.1, 0.15) is 11.6 Å². The number of aromatic nitrogens is 4. The van der Waals surface area contributed by atoms with Crippen LogP contribution in [-0.2, 0) is 11.8 Å². The number of hydrogen-bond acceptors (Lipinski definition) is 6. The quantitative estimate of drug-likeness (QED) is 0.157. The van der Waals surface area contributed by atoms with Crippen LogP contribution in [0.15, 0.2) is 54.0 Å². The number of aliphatic carboxylic acids is 1. The third-order valence-corrected chi connectivity index (χ3v) is 7.73. The minimum Gasteiger partial charge on any atom is -0.508 e. The van der Waals surface area contributed by atoms with Gasteiger partial charge in [0.25, 0.3) is 0 Å². The molecule has 0 saturated heterocycles. The van der Waals surface area contributed by atoms with Crippen molar-refractivity contribution in [1.82, 2.24) is 19.4 Å². The smallest absolute Gasteiger partial charge is 0.369 e. The normalized spacial score (nSPS) is 19.2. The molecule has 1 aromatic carbocycles. The molecule has 2 aliphatic rings. The summed E-state index contributed by atoms with van der Waals surface area (Å²) in [5.41, 5.74) is 12.3. The number of carbonyl (C=O) groups is 1. The number of nitrogens with two attached hydrogens (primary N) is 1. The summed E-state index contributed by atoms with van der Waals surface area (Å²) < 4.78 is 5.60. The van der Waals surface area contributed by atoms with Gasteiger partial charge in [0, 0.05) is 68.4 Å². The average molecular weight is 548 g/mol. The predicted octanol–water partition coefficient (Wildman–Crippen LogP) is 3.41. The monoisotopic (exact) mass is 547 g/mol. The maximum absolute atomic E-state index is 11.4. The number of nitrogens with one attached hydrogen (secondary N) is 1. The highest BCUT2D eigenvalue weighted by Gasteiger charge is 2.42. The fraction of sp³-hybridized carbons (Fsp3) is 0.296. The lowest BCUT2D eigenvalue weighted by Gasteiger charge is -2.26. The van der Waals surface area contributed by atoms with Crippen molar-refractivity contribution < 1.29 is 19.6 Å². The van der Waals surface area contributed by atoms with Gasteiger partial charge >= 0.3 is 5.97 Å². The molecule has 12 heteroatoms. The fourth-order valence-electron chi connectivity index (χ4n) is 5.66. The molecule has 2 atom stereocenters. The standard InChI is InChI=1S/C27H27ClN8O3/c1-34-12-16(10-30-34)15-6-24-26(32-17-7-18-2-3-19(8-17)35(18)14-25(38)39)21(11-31-36(24)13-15)27(29)33-23-5-4-20(37)9-22(23)28/h4-6,9-13,17-18H,2-3,7-8,14H2,1H3,(H4-,29,31,32,33,37,38,39)/p+1/t17?,18-/m0/s1. The Morgan fingerprint density at radius 3 is 2.82 bits per heavy atom. The summed E-state index contributed by atoms with van der Waals surface area (Å²) in [7, 11) is 1.87. The number of phenolic OH excluding ortho intramolecular Hbond substituents is 1. The fourth-order valence-corrected chi connectivity index (χ4v) is 5.88. The molecule has 4 aromatic rings. The Balaban J connectivity index is 1.42. The van der Waals surface area contributed by atoms with E-state index in [0.717, 1.165) is 48.0 Å². The number of carboxylic acid groups (broad SMARTS) is 1. The maximum atomic E-state index is 11.4. The highest BCUT2D eigenvalue weighted by molar-refractivity contribution is 6.33. The Bertz CT molecular complexity index is 1670. The Morgan fingerprint density at radius 2 is 2.10 bits per heavy atom. The van der Waals surface area contributed by atoms with E-state index in [-0.39, 0.29) is 35.2 Å². The molecule has 6 rings (SSSR count). The van der Waals surface area contributed by atoms with Gasteiger partial charge in [0.2, 0.25) is 6.54 Å². The SMILES string of the molecule is Cn1cc(-c2cc3c(NC4CC5=[N+](CC(=O)O)[C@@H](CC5)C4)c(C(N)=Nc4ccc(O)cc4Cl)cnn3c2)cn1. The molecule has 1 unspecified atom stereocenters. The van der Waals surface area contributed by atoms with Crippen LogP contribution >= 0.6 is 11.6 Å². The van der Waals surface area contributed by atoms with Gasteiger partial charge in [-0.2, -0.15) is 10.2 Å². The Hall–Kier alpha value is -4.38. The van der Waals surface area contributed by atoms with Gasteiger partial charge in [0.15, 0.2) is 11.8 Å². The van der Waals surface area contributed by atoms with E-state index in [1.54, 1.807) is 27.7 Å². The second-order valence-corrected chi connectivity index (χ2v) is 10.5. The minimum absolute atomic E-state index is 0.0393. The lowest BCUT2D eigenvalue weighted by Crippen LogP contribution is -2.41. The van der Waals surface area contributed by atoms with E-state index in [2.05, 4.69) is 20.5 Å². The molecule has 11 nitrogen and oxygen atoms in total. The van der Waals surface area contributed by atoms with E-state index in [4.69, 9.17) is 17.3 Å². The first kappa shape index (κ1) is 24.9. The number of nitrogens with zero attached hydrogens (tertiary/aromatic N) is 6. The number of aromatic hydroxyl groups is 1. The highest BCUT2D eigenvalue weighted by atomic mass is 35.5. The number of carboxylic acids is 1. The predicted molar refractivity (Wildman–Crippen MR) is 148 cm³/mol. The molecule has 0 aliphatic carbocycles. The first-order chi connectivity index (χ1) is 18.7. The van der Waals surface area contributed by atoms with Crippen LogP contribution in [0.2, 0.25) is 5.02 Å². The summed E-state index contributed by atoms with van der Waals surface area (Å²) in [5.74, 6) is -0.541. The zero-order chi connectivity index (χ0) is 27.3. The lowest BCUT2D eigenvalue weighted by atomic mass is 10.00. The molecular weight excluding hydrogens is 520 g/mol. The van der Waals surface area contributed by atoms with Crippen molar-refractivity contribution in [3.8, 4) is 16.9 Å². The van der Waals surface area contributed by atoms with Crippen LogP contribution in [0.4, 0.5) is 11.4 Å². The van der Waals surface area contributed by atoms with E-state index in [1.165, 1.54) is 17.8 Å². The van der Waals surface area contributed by atoms with Gasteiger partial charge in [-0.05, 0) is 18.2 Å². The third kappa shape index (κ3) is 4.81. The molecule has 0 fully saturated rings. The molecule has 0 radical (unpaired) electrons. The molecule has 39 heavy (non-hydrogen) atoms. The van der Waals surface area contributed by atoms with E-state index in [0.29, 0.717) is 11.3 Å². The molecule has 2 bridgehead atoms. The zero-order valence-corrected chi connectivity index (χ0v) is 22.0. The third-order valence-electron chi connectivity index (χ3n) is 7.43. The number of fused-ring (bicyclic) bond motifs is 2. The van der Waals surface area contributed by atoms with E-state index in [1.807, 2.05) is 30.1 Å². The van der Waals surface area contributed by atoms with Gasteiger partial charge in [-0.15, -0.1) is 0 Å². The molecule has 0 saturated carbocycles. The van der Waals surface area contributed by atoms with Crippen LogP contribution in [0.3, 0.4) is 0 Å². The number of amidine groups is 1. The molecule has 2 aliphatic heterocycles. The number of benzene rings is 1. The van der Waals surface area contributed by atoms with Crippen molar-refractivity contribution in [2.24, 2.45) is 17.8 Å². The Kier molecular flexibility index (Phi) is 6.22. The first-order valence-corrected chi connectivity index (χ1v) is 13.1. The number of anilines is 1. The number of aliphatic imine (C=N–C) groups is 1. The van der Waals surface area contributed by atoms with E-state index >= 15 is 0 Å². The van der Waals surface area contributed by atoms with Gasteiger partial charge < -0.3 is 21.3 Å². The van der Waals surface area contributed by atoms with Crippen molar-refractivity contribution in [1.29, 1.82) is 0 Å². The topological polar surface area (TPSA) is 146 Å². The van der Waals surface area contributed by atoms with Crippen LogP contribution in [0.1, 0.15) is 31.2 Å². The van der Waals surface area contributed by atoms with Crippen LogP contribution < -0.4 is 11.1 Å². The molecule has 5 N–H and O–H groups in total. The Labute approximate surface area is 228 Å². The number of phenols is 1. The largest absolute Gasteiger partial charge is 0.508 e. The summed E-state index contributed by atoms with van der Waals surface area (Å²) in [5, 5.41) is 32.0. The maximum Gasteiger partial charge on any atom is 0.369 e. The van der Waals surface area contributed by atoms with Crippen LogP contribution in [0, 0.1) is 0 Å². The highest BCUT2D eigenvalue weighted by Crippen LogP contribution is 2.34. The summed E-state index contributed by atoms with van der Waals surface area (Å²) in [6, 6.07) is 6.84. The lowest BCUT2D eigenvalue weighted by molar-refractivity contribution is -0.554. The average Bonchev–Trinajstić information content (AvgIpc) is 3.56. The summed E-state index contributed by atoms with van der Waals surface area (Å²) in [6.07, 6.45) is 10.8. The van der Waals surface area contributed by atoms with Crippen LogP contribution in [0.25, 0.3) is 16.6 Å². The van der Waals surface area contributed by atoms with Gasteiger partial charge in [-0.3, -0.25) is 4.68 Å². The van der Waals surface area contributed by atoms with Crippen LogP contribution in [-0.4, -0.2) is 70.3 Å². The molecule has 0 spiro atoms. The van der Waals surface area contributed by atoms with Gasteiger partial charge in [-0.1, -0.05) is 11.6 Å². The van der Waals surface area contributed by atoms with Crippen molar-refractivity contribution >= 4 is 46.0 Å².